The van der Waals surface area contributed by atoms with Gasteiger partial charge in [0, 0.05) is 0 Å². The Kier molecular flexibility index (Phi) is 2.03. The number of halogens is 2. The van der Waals surface area contributed by atoms with E-state index in [9.17, 15) is 18.9 Å². The van der Waals surface area contributed by atoms with Crippen LogP contribution in [0.15, 0.2) is 0 Å². The molecule has 54 valence electrons. The summed E-state index contributed by atoms with van der Waals surface area (Å²) < 4.78 is 23.4. The maximum Gasteiger partial charge on any atom is 0.536 e. The first kappa shape index (κ1) is 8.22. The van der Waals surface area contributed by atoms with Crippen LogP contribution in [0.1, 0.15) is 6.92 Å². The highest BCUT2D eigenvalue weighted by atomic mass is 19.3. The quantitative estimate of drug-likeness (QED) is 0.340. The minimum absolute atomic E-state index is 0.656. The minimum Gasteiger partial charge on any atom is -0.380 e. The van der Waals surface area contributed by atoms with Crippen molar-refractivity contribution < 1.29 is 18.8 Å². The minimum atomic E-state index is -4.22. The van der Waals surface area contributed by atoms with Gasteiger partial charge in [-0.3, -0.25) is 10.1 Å². The van der Waals surface area contributed by atoms with E-state index >= 15 is 0 Å². The maximum absolute atomic E-state index is 11.7. The summed E-state index contributed by atoms with van der Waals surface area (Å²) in [5.74, 6) is 0. The molecule has 0 radical (unpaired) electrons. The van der Waals surface area contributed by atoms with Crippen LogP contribution in [0.3, 0.4) is 0 Å². The van der Waals surface area contributed by atoms with Gasteiger partial charge in [-0.1, -0.05) is 0 Å². The Balaban J connectivity index is 4.19. The van der Waals surface area contributed by atoms with Gasteiger partial charge in [0.05, 0.1) is 4.92 Å². The number of alkyl halides is 2. The number of aliphatic hydroxyl groups is 1. The van der Waals surface area contributed by atoms with Crippen LogP contribution in [0.5, 0.6) is 0 Å². The van der Waals surface area contributed by atoms with Gasteiger partial charge in [0.1, 0.15) is 0 Å². The fraction of sp³-hybridized carbons (Fsp3) is 1.00. The first-order chi connectivity index (χ1) is 3.89. The molecule has 0 bridgehead atoms. The predicted molar refractivity (Wildman–Crippen MR) is 23.6 cm³/mol. The molecule has 6 heteroatoms. The summed E-state index contributed by atoms with van der Waals surface area (Å²) >= 11 is 0. The lowest BCUT2D eigenvalue weighted by Gasteiger charge is -2.07. The van der Waals surface area contributed by atoms with Crippen molar-refractivity contribution >= 4 is 0 Å². The van der Waals surface area contributed by atoms with Gasteiger partial charge in [0.25, 0.3) is 0 Å². The van der Waals surface area contributed by atoms with Crippen molar-refractivity contribution in [2.24, 2.45) is 0 Å². The highest BCUT2D eigenvalue weighted by molar-refractivity contribution is 4.57. The summed E-state index contributed by atoms with van der Waals surface area (Å²) in [6.45, 7) is 0.656. The van der Waals surface area contributed by atoms with Crippen molar-refractivity contribution in [3.8, 4) is 0 Å². The Morgan fingerprint density at radius 2 is 2.11 bits per heavy atom. The van der Waals surface area contributed by atoms with Crippen LogP contribution in [0.25, 0.3) is 0 Å². The summed E-state index contributed by atoms with van der Waals surface area (Å²) in [6, 6.07) is -4.22. The summed E-state index contributed by atoms with van der Waals surface area (Å²) in [5.41, 5.74) is 0. The molecule has 0 amide bonds. The predicted octanol–water partition coefficient (Wildman–Crippen LogP) is 0.237. The number of aliphatic hydroxyl groups excluding tert-OH is 1. The lowest BCUT2D eigenvalue weighted by molar-refractivity contribution is -0.656. The Bertz CT molecular complexity index is 124. The fourth-order valence-corrected chi connectivity index (χ4v) is 0.153. The Morgan fingerprint density at radius 1 is 1.78 bits per heavy atom. The van der Waals surface area contributed by atoms with Crippen LogP contribution in [0.2, 0.25) is 0 Å². The van der Waals surface area contributed by atoms with Crippen molar-refractivity contribution in [3.05, 3.63) is 10.1 Å². The molecule has 0 aromatic rings. The van der Waals surface area contributed by atoms with Crippen molar-refractivity contribution in [2.75, 3.05) is 0 Å². The molecule has 9 heavy (non-hydrogen) atoms. The second kappa shape index (κ2) is 2.22. The van der Waals surface area contributed by atoms with Gasteiger partial charge in [0.2, 0.25) is 0 Å². The molecule has 1 atom stereocenters. The molecular weight excluding hydrogens is 136 g/mol. The van der Waals surface area contributed by atoms with Gasteiger partial charge in [-0.2, -0.15) is 0 Å². The van der Waals surface area contributed by atoms with Crippen molar-refractivity contribution in [1.29, 1.82) is 0 Å². The molecule has 0 spiro atoms. The van der Waals surface area contributed by atoms with Crippen molar-refractivity contribution in [3.63, 3.8) is 0 Å². The topological polar surface area (TPSA) is 63.4 Å². The summed E-state index contributed by atoms with van der Waals surface area (Å²) in [7, 11) is 0. The van der Waals surface area contributed by atoms with E-state index in [2.05, 4.69) is 0 Å². The number of hydrogen-bond acceptors (Lipinski definition) is 3. The van der Waals surface area contributed by atoms with Gasteiger partial charge >= 0.3 is 6.05 Å². The monoisotopic (exact) mass is 141 g/mol. The van der Waals surface area contributed by atoms with E-state index < -0.39 is 17.1 Å². The number of rotatable bonds is 2. The van der Waals surface area contributed by atoms with Crippen LogP contribution in [-0.2, 0) is 0 Å². The molecule has 0 aliphatic heterocycles. The van der Waals surface area contributed by atoms with Crippen LogP contribution in [0, 0.1) is 10.1 Å². The second-order valence-corrected chi connectivity index (χ2v) is 1.52. The third-order valence-corrected chi connectivity index (χ3v) is 0.746. The average Bonchev–Trinajstić information content (AvgIpc) is 1.65. The molecule has 0 rings (SSSR count). The van der Waals surface area contributed by atoms with Crippen LogP contribution in [-0.4, -0.2) is 22.2 Å². The van der Waals surface area contributed by atoms with Crippen LogP contribution >= 0.6 is 0 Å². The standard InChI is InChI=1S/C3H5F2NO3/c1-2(7)3(4,5)6(8)9/h2,7H,1H3. The molecule has 1 unspecified atom stereocenters. The van der Waals surface area contributed by atoms with Crippen molar-refractivity contribution in [2.45, 2.75) is 19.1 Å². The zero-order chi connectivity index (χ0) is 7.65. The van der Waals surface area contributed by atoms with E-state index in [-0.39, 0.29) is 0 Å². The number of nitrogens with zero attached hydrogens (tertiary/aromatic N) is 1. The molecule has 0 aliphatic carbocycles. The summed E-state index contributed by atoms with van der Waals surface area (Å²) in [6.07, 6.45) is -2.24. The Morgan fingerprint density at radius 3 is 2.11 bits per heavy atom. The van der Waals surface area contributed by atoms with E-state index in [0.717, 1.165) is 0 Å². The van der Waals surface area contributed by atoms with Gasteiger partial charge in [-0.25, -0.2) is 0 Å². The van der Waals surface area contributed by atoms with Crippen molar-refractivity contribution in [1.82, 2.24) is 0 Å². The molecule has 4 nitrogen and oxygen atoms in total. The highest BCUT2D eigenvalue weighted by Crippen LogP contribution is 2.17. The largest absolute Gasteiger partial charge is 0.536 e. The molecule has 0 fully saturated rings. The SMILES string of the molecule is CC(O)C(F)(F)[N+](=O)[O-]. The third-order valence-electron chi connectivity index (χ3n) is 0.746. The van der Waals surface area contributed by atoms with Gasteiger partial charge in [-0.05, 0) is 6.92 Å². The smallest absolute Gasteiger partial charge is 0.380 e. The third kappa shape index (κ3) is 1.56. The normalized spacial score (nSPS) is 15.1. The first-order valence-corrected chi connectivity index (χ1v) is 2.09. The fourth-order valence-electron chi connectivity index (χ4n) is 0.153. The Labute approximate surface area is 49.2 Å². The molecule has 0 aliphatic rings. The number of hydrogen-bond donors (Lipinski definition) is 1. The second-order valence-electron chi connectivity index (χ2n) is 1.52. The van der Waals surface area contributed by atoms with Crippen LogP contribution in [0.4, 0.5) is 8.78 Å². The molecule has 0 saturated heterocycles. The molecule has 0 heterocycles. The van der Waals surface area contributed by atoms with E-state index in [4.69, 9.17) is 5.11 Å². The zero-order valence-electron chi connectivity index (χ0n) is 4.54. The Hall–Kier alpha value is -0.780. The molecule has 0 aromatic carbocycles. The van der Waals surface area contributed by atoms with E-state index in [1.54, 1.807) is 0 Å². The zero-order valence-corrected chi connectivity index (χ0v) is 4.54. The first-order valence-electron chi connectivity index (χ1n) is 2.09. The van der Waals surface area contributed by atoms with Gasteiger partial charge in [-0.15, -0.1) is 8.78 Å². The lowest BCUT2D eigenvalue weighted by atomic mass is 10.4. The van der Waals surface area contributed by atoms with E-state index in [0.29, 0.717) is 6.92 Å². The number of nitro groups is 1. The van der Waals surface area contributed by atoms with E-state index in [1.807, 2.05) is 0 Å². The van der Waals surface area contributed by atoms with Gasteiger partial charge < -0.3 is 5.11 Å². The maximum atomic E-state index is 11.7. The van der Waals surface area contributed by atoms with Gasteiger partial charge in [0.15, 0.2) is 6.10 Å². The molecule has 0 aromatic heterocycles. The average molecular weight is 141 g/mol. The van der Waals surface area contributed by atoms with E-state index in [1.165, 1.54) is 0 Å². The van der Waals surface area contributed by atoms with Crippen LogP contribution < -0.4 is 0 Å². The highest BCUT2D eigenvalue weighted by Gasteiger charge is 2.49. The summed E-state index contributed by atoms with van der Waals surface area (Å²) in [5, 5.41) is 17.4. The molecule has 1 N–H and O–H groups in total. The lowest BCUT2D eigenvalue weighted by Crippen LogP contribution is -2.38. The summed E-state index contributed by atoms with van der Waals surface area (Å²) in [4.78, 5) is 7.54. The molecule has 0 saturated carbocycles. The molecular formula is C3H5F2NO3.